The van der Waals surface area contributed by atoms with E-state index < -0.39 is 0 Å². The van der Waals surface area contributed by atoms with Crippen molar-refractivity contribution < 1.29 is 14.3 Å². The Labute approximate surface area is 181 Å². The number of carbonyl (C=O) groups is 1. The van der Waals surface area contributed by atoms with Gasteiger partial charge in [0.05, 0.1) is 18.1 Å². The highest BCUT2D eigenvalue weighted by atomic mass is 32.2. The summed E-state index contributed by atoms with van der Waals surface area (Å²) in [7, 11) is 0. The normalized spacial score (nSPS) is 15.1. The van der Waals surface area contributed by atoms with Crippen LogP contribution in [0.15, 0.2) is 47.4 Å². The molecule has 0 spiro atoms. The molecule has 152 valence electrons. The molecule has 1 aliphatic rings. The van der Waals surface area contributed by atoms with Crippen LogP contribution in [0.4, 0.5) is 0 Å². The first-order valence-corrected chi connectivity index (χ1v) is 10.9. The molecular weight excluding hydrogens is 402 g/mol. The fourth-order valence-corrected chi connectivity index (χ4v) is 4.00. The Morgan fingerprint density at radius 1 is 1.10 bits per heavy atom. The predicted octanol–water partition coefficient (Wildman–Crippen LogP) is 5.46. The summed E-state index contributed by atoms with van der Waals surface area (Å²) in [5.74, 6) is 1.94. The Balaban J connectivity index is 1.56. The molecule has 0 aliphatic carbocycles. The van der Waals surface area contributed by atoms with Crippen molar-refractivity contribution in [3.63, 3.8) is 0 Å². The molecule has 3 rings (SSSR count). The lowest BCUT2D eigenvalue weighted by molar-refractivity contribution is -0.115. The third kappa shape index (κ3) is 5.84. The topological polar surface area (TPSA) is 47.6 Å². The molecule has 6 heteroatoms. The third-order valence-electron chi connectivity index (χ3n) is 4.44. The predicted molar refractivity (Wildman–Crippen MR) is 124 cm³/mol. The lowest BCUT2D eigenvalue weighted by atomic mass is 10.0. The average Bonchev–Trinajstić information content (AvgIpc) is 2.99. The molecule has 4 nitrogen and oxygen atoms in total. The van der Waals surface area contributed by atoms with Gasteiger partial charge in [0.2, 0.25) is 0 Å². The van der Waals surface area contributed by atoms with Crippen LogP contribution in [-0.4, -0.2) is 23.4 Å². The first-order valence-electron chi connectivity index (χ1n) is 9.64. The maximum absolute atomic E-state index is 11.9. The van der Waals surface area contributed by atoms with Crippen LogP contribution < -0.4 is 14.8 Å². The van der Waals surface area contributed by atoms with Crippen LogP contribution in [0.1, 0.15) is 42.9 Å². The molecule has 0 saturated carbocycles. The van der Waals surface area contributed by atoms with E-state index in [4.69, 9.17) is 21.7 Å². The van der Waals surface area contributed by atoms with Crippen molar-refractivity contribution in [2.24, 2.45) is 0 Å². The molecule has 2 aromatic carbocycles. The number of ether oxygens (including phenoxy) is 2. The van der Waals surface area contributed by atoms with Crippen LogP contribution in [0, 0.1) is 6.92 Å². The molecule has 0 bridgehead atoms. The lowest BCUT2D eigenvalue weighted by Gasteiger charge is -2.15. The number of para-hydroxylation sites is 1. The van der Waals surface area contributed by atoms with E-state index in [1.54, 1.807) is 0 Å². The van der Waals surface area contributed by atoms with Crippen LogP contribution in [0.25, 0.3) is 6.08 Å². The molecule has 0 atom stereocenters. The van der Waals surface area contributed by atoms with Gasteiger partial charge in [0.15, 0.2) is 0 Å². The lowest BCUT2D eigenvalue weighted by Crippen LogP contribution is -2.17. The number of hydrogen-bond donors (Lipinski definition) is 1. The fourth-order valence-electron chi connectivity index (χ4n) is 2.96. The Morgan fingerprint density at radius 2 is 1.83 bits per heavy atom. The number of hydrogen-bond acceptors (Lipinski definition) is 5. The third-order valence-corrected chi connectivity index (χ3v) is 5.61. The van der Waals surface area contributed by atoms with Crippen molar-refractivity contribution in [2.45, 2.75) is 33.1 Å². The zero-order valence-corrected chi connectivity index (χ0v) is 18.5. The number of carbonyl (C=O) groups excluding carboxylic acids is 1. The molecule has 0 radical (unpaired) electrons. The summed E-state index contributed by atoms with van der Waals surface area (Å²) >= 11 is 6.31. The Hall–Kier alpha value is -2.31. The summed E-state index contributed by atoms with van der Waals surface area (Å²) in [4.78, 5) is 12.5. The zero-order chi connectivity index (χ0) is 20.8. The number of rotatable bonds is 8. The van der Waals surface area contributed by atoms with Crippen molar-refractivity contribution in [3.05, 3.63) is 64.1 Å². The number of thiocarbonyl (C=S) groups is 1. The van der Waals surface area contributed by atoms with Crippen LogP contribution in [-0.2, 0) is 4.79 Å². The van der Waals surface area contributed by atoms with Crippen molar-refractivity contribution in [3.8, 4) is 11.5 Å². The average molecular weight is 428 g/mol. The van der Waals surface area contributed by atoms with Crippen LogP contribution in [0.3, 0.4) is 0 Å². The number of amides is 1. The van der Waals surface area contributed by atoms with Crippen LogP contribution in [0.2, 0.25) is 0 Å². The second kappa shape index (κ2) is 9.94. The van der Waals surface area contributed by atoms with E-state index in [2.05, 4.69) is 44.3 Å². The van der Waals surface area contributed by atoms with Gasteiger partial charge >= 0.3 is 0 Å². The summed E-state index contributed by atoms with van der Waals surface area (Å²) in [5, 5.41) is 2.63. The molecule has 1 amide bonds. The first-order chi connectivity index (χ1) is 13.9. The SMILES string of the molecule is Cc1ccc(C(C)C)c(OCCCOc2ccccc2C=C2SC(=S)NC2=O)c1. The summed E-state index contributed by atoms with van der Waals surface area (Å²) in [6, 6.07) is 14.0. The Morgan fingerprint density at radius 3 is 2.52 bits per heavy atom. The molecule has 1 saturated heterocycles. The van der Waals surface area contributed by atoms with Gasteiger partial charge in [-0.05, 0) is 42.2 Å². The van der Waals surface area contributed by atoms with Gasteiger partial charge in [-0.25, -0.2) is 0 Å². The number of thioether (sulfide) groups is 1. The van der Waals surface area contributed by atoms with Crippen LogP contribution >= 0.6 is 24.0 Å². The highest BCUT2D eigenvalue weighted by molar-refractivity contribution is 8.26. The minimum atomic E-state index is -0.165. The van der Waals surface area contributed by atoms with E-state index in [1.807, 2.05) is 30.3 Å². The van der Waals surface area contributed by atoms with E-state index in [1.165, 1.54) is 22.9 Å². The number of nitrogens with one attached hydrogen (secondary N) is 1. The van der Waals surface area contributed by atoms with Crippen molar-refractivity contribution in [1.29, 1.82) is 0 Å². The van der Waals surface area contributed by atoms with E-state index >= 15 is 0 Å². The molecule has 1 aliphatic heterocycles. The maximum atomic E-state index is 11.9. The second-order valence-corrected chi connectivity index (χ2v) is 8.86. The molecule has 1 N–H and O–H groups in total. The molecule has 29 heavy (non-hydrogen) atoms. The summed E-state index contributed by atoms with van der Waals surface area (Å²) in [5.41, 5.74) is 3.27. The molecule has 2 aromatic rings. The van der Waals surface area contributed by atoms with Gasteiger partial charge in [-0.1, -0.05) is 68.2 Å². The van der Waals surface area contributed by atoms with Crippen molar-refractivity contribution in [2.75, 3.05) is 13.2 Å². The van der Waals surface area contributed by atoms with Gasteiger partial charge in [0, 0.05) is 12.0 Å². The highest BCUT2D eigenvalue weighted by Gasteiger charge is 2.22. The quantitative estimate of drug-likeness (QED) is 0.345. The molecule has 0 unspecified atom stereocenters. The van der Waals surface area contributed by atoms with Gasteiger partial charge in [-0.15, -0.1) is 0 Å². The van der Waals surface area contributed by atoms with Gasteiger partial charge in [0.25, 0.3) is 5.91 Å². The van der Waals surface area contributed by atoms with E-state index in [9.17, 15) is 4.79 Å². The van der Waals surface area contributed by atoms with E-state index in [0.29, 0.717) is 28.4 Å². The molecule has 1 heterocycles. The first kappa shape index (κ1) is 21.4. The number of aryl methyl sites for hydroxylation is 1. The summed E-state index contributed by atoms with van der Waals surface area (Å²) in [6.45, 7) is 7.52. The second-order valence-electron chi connectivity index (χ2n) is 7.14. The van der Waals surface area contributed by atoms with Gasteiger partial charge < -0.3 is 14.8 Å². The van der Waals surface area contributed by atoms with E-state index in [-0.39, 0.29) is 5.91 Å². The van der Waals surface area contributed by atoms with Crippen molar-refractivity contribution >= 4 is 40.3 Å². The molecular formula is C23H25NO3S2. The van der Waals surface area contributed by atoms with Gasteiger partial charge in [-0.2, -0.15) is 0 Å². The molecule has 1 fully saturated rings. The highest BCUT2D eigenvalue weighted by Crippen LogP contribution is 2.30. The minimum Gasteiger partial charge on any atom is -0.493 e. The van der Waals surface area contributed by atoms with E-state index in [0.717, 1.165) is 23.5 Å². The summed E-state index contributed by atoms with van der Waals surface area (Å²) < 4.78 is 12.4. The maximum Gasteiger partial charge on any atom is 0.263 e. The van der Waals surface area contributed by atoms with Gasteiger partial charge in [0.1, 0.15) is 15.8 Å². The standard InChI is InChI=1S/C23H25NO3S2/c1-15(2)18-10-9-16(3)13-20(18)27-12-6-11-26-19-8-5-4-7-17(19)14-21-22(25)24-23(28)29-21/h4-5,7-10,13-15H,6,11-12H2,1-3H3,(H,24,25,28). The Bertz CT molecular complexity index is 937. The minimum absolute atomic E-state index is 0.165. The molecule has 0 aromatic heterocycles. The Kier molecular flexibility index (Phi) is 7.34. The van der Waals surface area contributed by atoms with Gasteiger partial charge in [-0.3, -0.25) is 4.79 Å². The monoisotopic (exact) mass is 427 g/mol. The van der Waals surface area contributed by atoms with Crippen molar-refractivity contribution in [1.82, 2.24) is 5.32 Å². The zero-order valence-electron chi connectivity index (χ0n) is 16.9. The van der Waals surface area contributed by atoms with Crippen LogP contribution in [0.5, 0.6) is 11.5 Å². The number of benzene rings is 2. The largest absolute Gasteiger partial charge is 0.493 e. The fraction of sp³-hybridized carbons (Fsp3) is 0.304. The summed E-state index contributed by atoms with van der Waals surface area (Å²) in [6.07, 6.45) is 2.57. The smallest absolute Gasteiger partial charge is 0.263 e.